The number of nitrogens with one attached hydrogen (secondary N) is 1. The number of amides is 1. The molecule has 1 aromatic heterocycles. The van der Waals surface area contributed by atoms with Crippen molar-refractivity contribution in [2.24, 2.45) is 0 Å². The van der Waals surface area contributed by atoms with Crippen molar-refractivity contribution in [3.63, 3.8) is 0 Å². The number of rotatable bonds is 3. The van der Waals surface area contributed by atoms with Gasteiger partial charge in [-0.15, -0.1) is 0 Å². The Morgan fingerprint density at radius 2 is 2.00 bits per heavy atom. The van der Waals surface area contributed by atoms with Crippen LogP contribution < -0.4 is 5.32 Å². The summed E-state index contributed by atoms with van der Waals surface area (Å²) in [4.78, 5) is 12.3. The second kappa shape index (κ2) is 7.06. The molecule has 0 unspecified atom stereocenters. The number of nitrogens with zero attached hydrogens (tertiary/aromatic N) is 2. The number of hydrogen-bond acceptors (Lipinski definition) is 4. The highest BCUT2D eigenvalue weighted by molar-refractivity contribution is 8.26. The van der Waals surface area contributed by atoms with Gasteiger partial charge in [0.05, 0.1) is 17.1 Å². The predicted molar refractivity (Wildman–Crippen MR) is 104 cm³/mol. The van der Waals surface area contributed by atoms with Crippen molar-refractivity contribution < 1.29 is 4.79 Å². The molecule has 1 aromatic carbocycles. The van der Waals surface area contributed by atoms with Crippen molar-refractivity contribution in [1.82, 2.24) is 15.1 Å². The molecule has 0 aliphatic carbocycles. The van der Waals surface area contributed by atoms with E-state index in [0.29, 0.717) is 42.2 Å². The third-order valence-electron chi connectivity index (χ3n) is 3.40. The summed E-state index contributed by atoms with van der Waals surface area (Å²) in [6.07, 6.45) is 1.69. The van der Waals surface area contributed by atoms with Crippen LogP contribution in [0.2, 0.25) is 15.2 Å². The van der Waals surface area contributed by atoms with Gasteiger partial charge in [-0.1, -0.05) is 64.8 Å². The minimum absolute atomic E-state index is 0.234. The second-order valence-electron chi connectivity index (χ2n) is 5.00. The Labute approximate surface area is 163 Å². The van der Waals surface area contributed by atoms with Gasteiger partial charge < -0.3 is 5.32 Å². The number of carbonyl (C=O) groups is 1. The van der Waals surface area contributed by atoms with E-state index in [-0.39, 0.29) is 5.91 Å². The van der Waals surface area contributed by atoms with Crippen LogP contribution >= 0.6 is 58.8 Å². The number of halogens is 3. The monoisotopic (exact) mass is 417 g/mol. The molecule has 9 heteroatoms. The van der Waals surface area contributed by atoms with E-state index in [1.165, 1.54) is 11.8 Å². The molecular formula is C15H10Cl3N3OS2. The lowest BCUT2D eigenvalue weighted by Gasteiger charge is -2.08. The van der Waals surface area contributed by atoms with Crippen LogP contribution in [0.4, 0.5) is 0 Å². The van der Waals surface area contributed by atoms with Gasteiger partial charge in [0.2, 0.25) is 0 Å². The zero-order valence-corrected chi connectivity index (χ0v) is 16.2. The fourth-order valence-electron chi connectivity index (χ4n) is 2.22. The Balaban J connectivity index is 1.97. The van der Waals surface area contributed by atoms with Crippen LogP contribution in [0.15, 0.2) is 23.1 Å². The van der Waals surface area contributed by atoms with E-state index in [9.17, 15) is 4.79 Å². The molecule has 1 amide bonds. The summed E-state index contributed by atoms with van der Waals surface area (Å²) in [5, 5.41) is 8.49. The quantitative estimate of drug-likeness (QED) is 0.580. The van der Waals surface area contributed by atoms with Gasteiger partial charge in [-0.3, -0.25) is 4.79 Å². The van der Waals surface area contributed by atoms with E-state index < -0.39 is 0 Å². The smallest absolute Gasteiger partial charge is 0.263 e. The van der Waals surface area contributed by atoms with Gasteiger partial charge in [-0.2, -0.15) is 5.10 Å². The van der Waals surface area contributed by atoms with Crippen LogP contribution in [0.25, 0.3) is 6.08 Å². The summed E-state index contributed by atoms with van der Waals surface area (Å²) in [6.45, 7) is 2.15. The van der Waals surface area contributed by atoms with Gasteiger partial charge in [0.1, 0.15) is 9.47 Å². The van der Waals surface area contributed by atoms with Crippen molar-refractivity contribution in [3.05, 3.63) is 55.1 Å². The molecule has 0 bridgehead atoms. The Morgan fingerprint density at radius 1 is 1.33 bits per heavy atom. The fraction of sp³-hybridized carbons (Fsp3) is 0.133. The lowest BCUT2D eigenvalue weighted by Crippen LogP contribution is -2.17. The SMILES string of the molecule is Cc1nn(Cc2c(Cl)cccc2Cl)c(Cl)c1/C=C1\SC(=S)NC1=O. The number of aromatic nitrogens is 2. The normalized spacial score (nSPS) is 16.1. The largest absolute Gasteiger partial charge is 0.307 e. The lowest BCUT2D eigenvalue weighted by atomic mass is 10.2. The van der Waals surface area contributed by atoms with Crippen LogP contribution in [0.5, 0.6) is 0 Å². The molecule has 124 valence electrons. The molecule has 0 atom stereocenters. The van der Waals surface area contributed by atoms with Crippen LogP contribution in [-0.2, 0) is 11.3 Å². The zero-order valence-electron chi connectivity index (χ0n) is 12.3. The first-order valence-electron chi connectivity index (χ1n) is 6.77. The molecule has 1 aliphatic heterocycles. The minimum atomic E-state index is -0.234. The first kappa shape index (κ1) is 17.8. The number of benzene rings is 1. The maximum Gasteiger partial charge on any atom is 0.263 e. The number of carbonyl (C=O) groups excluding carboxylic acids is 1. The van der Waals surface area contributed by atoms with Gasteiger partial charge in [0.25, 0.3) is 5.91 Å². The summed E-state index contributed by atoms with van der Waals surface area (Å²) in [5.41, 5.74) is 2.10. The van der Waals surface area contributed by atoms with Crippen LogP contribution in [-0.4, -0.2) is 20.0 Å². The molecule has 1 saturated heterocycles. The number of aryl methyl sites for hydroxylation is 1. The molecule has 1 fully saturated rings. The molecule has 24 heavy (non-hydrogen) atoms. The van der Waals surface area contributed by atoms with E-state index >= 15 is 0 Å². The van der Waals surface area contributed by atoms with Gasteiger partial charge in [0.15, 0.2) is 0 Å². The first-order valence-corrected chi connectivity index (χ1v) is 9.13. The Bertz CT molecular complexity index is 872. The van der Waals surface area contributed by atoms with E-state index in [1.807, 2.05) is 6.92 Å². The van der Waals surface area contributed by atoms with Crippen molar-refractivity contribution in [3.8, 4) is 0 Å². The van der Waals surface area contributed by atoms with Gasteiger partial charge in [-0.25, -0.2) is 4.68 Å². The van der Waals surface area contributed by atoms with E-state index in [1.54, 1.807) is 29.0 Å². The van der Waals surface area contributed by atoms with Crippen LogP contribution in [0.1, 0.15) is 16.8 Å². The average molecular weight is 419 g/mol. The molecule has 0 saturated carbocycles. The highest BCUT2D eigenvalue weighted by Crippen LogP contribution is 2.31. The van der Waals surface area contributed by atoms with Crippen molar-refractivity contribution >= 4 is 75.1 Å². The molecule has 1 N–H and O–H groups in total. The van der Waals surface area contributed by atoms with Gasteiger partial charge in [-0.05, 0) is 25.1 Å². The molecule has 2 aromatic rings. The summed E-state index contributed by atoms with van der Waals surface area (Å²) >= 11 is 25.0. The second-order valence-corrected chi connectivity index (χ2v) is 7.89. The lowest BCUT2D eigenvalue weighted by molar-refractivity contribution is -0.115. The Hall–Kier alpha value is -1.05. The maximum atomic E-state index is 11.8. The number of hydrogen-bond donors (Lipinski definition) is 1. The number of thiocarbonyl (C=S) groups is 1. The first-order chi connectivity index (χ1) is 11.4. The Morgan fingerprint density at radius 3 is 2.58 bits per heavy atom. The summed E-state index contributed by atoms with van der Waals surface area (Å²) < 4.78 is 2.03. The van der Waals surface area contributed by atoms with Crippen molar-refractivity contribution in [2.75, 3.05) is 0 Å². The maximum absolute atomic E-state index is 11.8. The average Bonchev–Trinajstić information content (AvgIpc) is 2.96. The molecule has 2 heterocycles. The van der Waals surface area contributed by atoms with Crippen LogP contribution in [0, 0.1) is 6.92 Å². The predicted octanol–water partition coefficient (Wildman–Crippen LogP) is 4.69. The highest BCUT2D eigenvalue weighted by Gasteiger charge is 2.24. The molecule has 0 radical (unpaired) electrons. The third-order valence-corrected chi connectivity index (χ3v) is 5.67. The molecule has 3 rings (SSSR count). The van der Waals surface area contributed by atoms with E-state index in [0.717, 1.165) is 5.56 Å². The fourth-order valence-corrected chi connectivity index (χ4v) is 4.05. The molecule has 0 spiro atoms. The van der Waals surface area contributed by atoms with Crippen molar-refractivity contribution in [1.29, 1.82) is 0 Å². The van der Waals surface area contributed by atoms with E-state index in [2.05, 4.69) is 10.4 Å². The summed E-state index contributed by atoms with van der Waals surface area (Å²) in [6, 6.07) is 5.30. The minimum Gasteiger partial charge on any atom is -0.307 e. The summed E-state index contributed by atoms with van der Waals surface area (Å²) in [5.74, 6) is -0.234. The van der Waals surface area contributed by atoms with Gasteiger partial charge >= 0.3 is 0 Å². The number of thioether (sulfide) groups is 1. The highest BCUT2D eigenvalue weighted by atomic mass is 35.5. The van der Waals surface area contributed by atoms with Crippen molar-refractivity contribution in [2.45, 2.75) is 13.5 Å². The third kappa shape index (κ3) is 3.48. The standard InChI is InChI=1S/C15H10Cl3N3OS2/c1-7-8(5-12-14(22)19-15(23)24-12)13(18)21(20-7)6-9-10(16)3-2-4-11(9)17/h2-5H,6H2,1H3,(H,19,22,23)/b12-5-. The summed E-state index contributed by atoms with van der Waals surface area (Å²) in [7, 11) is 0. The van der Waals surface area contributed by atoms with E-state index in [4.69, 9.17) is 47.0 Å². The van der Waals surface area contributed by atoms with Gasteiger partial charge in [0, 0.05) is 21.2 Å². The molecule has 4 nitrogen and oxygen atoms in total. The van der Waals surface area contributed by atoms with Crippen LogP contribution in [0.3, 0.4) is 0 Å². The Kier molecular flexibility index (Phi) is 5.22. The molecule has 1 aliphatic rings. The topological polar surface area (TPSA) is 46.9 Å². The molecular weight excluding hydrogens is 409 g/mol. The zero-order chi connectivity index (χ0) is 17.4.